The minimum atomic E-state index is -4.85. The molecule has 3 heterocycles. The van der Waals surface area contributed by atoms with Crippen molar-refractivity contribution < 1.29 is 31.2 Å². The number of aromatic nitrogens is 1. The van der Waals surface area contributed by atoms with E-state index < -0.39 is 40.2 Å². The molecule has 1 aromatic rings. The average molecular weight is 387 g/mol. The third-order valence-corrected chi connectivity index (χ3v) is 4.36. The summed E-state index contributed by atoms with van der Waals surface area (Å²) >= 11 is 0. The second kappa shape index (κ2) is 6.59. The zero-order chi connectivity index (χ0) is 19.1. The highest BCUT2D eigenvalue weighted by atomic mass is 32.3. The maximum absolute atomic E-state index is 12.8. The van der Waals surface area contributed by atoms with Crippen LogP contribution in [0.5, 0.6) is 0 Å². The van der Waals surface area contributed by atoms with Gasteiger partial charge in [0.25, 0.3) is 5.91 Å². The molecule has 0 aliphatic carbocycles. The van der Waals surface area contributed by atoms with Gasteiger partial charge in [0.15, 0.2) is 0 Å². The summed E-state index contributed by atoms with van der Waals surface area (Å²) in [7, 11) is -4.85. The molecule has 140 valence electrons. The predicted molar refractivity (Wildman–Crippen MR) is 83.5 cm³/mol. The third kappa shape index (κ3) is 3.63. The van der Waals surface area contributed by atoms with Crippen molar-refractivity contribution >= 4 is 28.2 Å². The molecule has 2 aliphatic rings. The minimum Gasteiger partial charge on any atom is -0.385 e. The lowest BCUT2D eigenvalue weighted by molar-refractivity contribution is -0.0316. The number of hydrogen-bond donors (Lipinski definition) is 2. The van der Waals surface area contributed by atoms with E-state index in [1.165, 1.54) is 4.90 Å². The lowest BCUT2D eigenvalue weighted by Crippen LogP contribution is -2.48. The molecule has 2 fully saturated rings. The van der Waals surface area contributed by atoms with Gasteiger partial charge in [0.2, 0.25) is 0 Å². The van der Waals surface area contributed by atoms with Crippen LogP contribution >= 0.6 is 0 Å². The summed E-state index contributed by atoms with van der Waals surface area (Å²) in [4.78, 5) is 32.8. The lowest BCUT2D eigenvalue weighted by Gasteiger charge is -2.29. The Bertz CT molecular complexity index is 874. The van der Waals surface area contributed by atoms with Crippen molar-refractivity contribution in [2.45, 2.75) is 24.9 Å². The molecular weight excluding hydrogens is 373 g/mol. The summed E-state index contributed by atoms with van der Waals surface area (Å²) in [6.07, 6.45) is 1.49. The number of fused-ring (bicyclic) bond motifs is 2. The summed E-state index contributed by atoms with van der Waals surface area (Å²) in [5.41, 5.74) is 5.72. The number of nitrogens with zero attached hydrogens (tertiary/aromatic N) is 4. The van der Waals surface area contributed by atoms with Crippen molar-refractivity contribution in [1.82, 2.24) is 14.9 Å². The topological polar surface area (TPSA) is 155 Å². The molecule has 0 radical (unpaired) electrons. The number of aliphatic imine (C=N–C) groups is 1. The van der Waals surface area contributed by atoms with Crippen molar-refractivity contribution in [1.29, 1.82) is 0 Å². The van der Waals surface area contributed by atoms with Crippen molar-refractivity contribution in [2.75, 3.05) is 6.54 Å². The molecule has 3 amide bonds. The van der Waals surface area contributed by atoms with E-state index in [2.05, 4.69) is 14.3 Å². The fraction of sp³-hybridized carbons (Fsp3) is 0.385. The molecular formula is C13H14FN5O6S. The number of carbonyl (C=O) groups is 2. The zero-order valence-corrected chi connectivity index (χ0v) is 14.0. The average Bonchev–Trinajstić information content (AvgIpc) is 2.79. The maximum atomic E-state index is 12.8. The number of rotatable bonds is 4. The molecule has 11 nitrogen and oxygen atoms in total. The smallest absolute Gasteiger partial charge is 0.385 e. The Morgan fingerprint density at radius 3 is 2.77 bits per heavy atom. The molecule has 13 heteroatoms. The van der Waals surface area contributed by atoms with Crippen LogP contribution in [0.2, 0.25) is 0 Å². The molecule has 0 aromatic carbocycles. The van der Waals surface area contributed by atoms with Crippen LogP contribution < -0.4 is 5.73 Å². The zero-order valence-electron chi connectivity index (χ0n) is 13.1. The molecule has 26 heavy (non-hydrogen) atoms. The summed E-state index contributed by atoms with van der Waals surface area (Å²) in [5.74, 6) is -1.58. The van der Waals surface area contributed by atoms with Gasteiger partial charge in [-0.25, -0.2) is 14.2 Å². The van der Waals surface area contributed by atoms with Crippen LogP contribution in [0.1, 0.15) is 23.3 Å². The molecule has 0 spiro atoms. The first kappa shape index (κ1) is 18.2. The Balaban J connectivity index is 1.77. The second-order valence-corrected chi connectivity index (χ2v) is 6.72. The minimum absolute atomic E-state index is 0.0955. The molecule has 0 unspecified atom stereocenters. The van der Waals surface area contributed by atoms with Crippen LogP contribution in [-0.4, -0.2) is 64.3 Å². The number of hydrogen-bond acceptors (Lipinski definition) is 6. The monoisotopic (exact) mass is 387 g/mol. The van der Waals surface area contributed by atoms with E-state index in [0.717, 1.165) is 18.3 Å². The van der Waals surface area contributed by atoms with Gasteiger partial charge in [-0.1, -0.05) is 0 Å². The fourth-order valence-electron chi connectivity index (χ4n) is 2.89. The van der Waals surface area contributed by atoms with Gasteiger partial charge in [-0.05, 0) is 25.0 Å². The quantitative estimate of drug-likeness (QED) is 0.406. The highest BCUT2D eigenvalue weighted by Gasteiger charge is 2.48. The largest absolute Gasteiger partial charge is 0.418 e. The molecule has 2 aliphatic heterocycles. The number of amides is 3. The third-order valence-electron chi connectivity index (χ3n) is 4.02. The highest BCUT2D eigenvalue weighted by Crippen LogP contribution is 2.30. The van der Waals surface area contributed by atoms with E-state index in [9.17, 15) is 22.4 Å². The summed E-state index contributed by atoms with van der Waals surface area (Å²) < 4.78 is 47.6. The van der Waals surface area contributed by atoms with E-state index in [4.69, 9.17) is 10.3 Å². The summed E-state index contributed by atoms with van der Waals surface area (Å²) in [6, 6.07) is 0.0430. The first-order chi connectivity index (χ1) is 12.2. The van der Waals surface area contributed by atoms with E-state index >= 15 is 0 Å². The van der Waals surface area contributed by atoms with Crippen LogP contribution in [0.4, 0.5) is 9.18 Å². The van der Waals surface area contributed by atoms with E-state index in [0.29, 0.717) is 17.9 Å². The van der Waals surface area contributed by atoms with Gasteiger partial charge in [0.05, 0.1) is 18.3 Å². The van der Waals surface area contributed by atoms with Gasteiger partial charge >= 0.3 is 16.4 Å². The van der Waals surface area contributed by atoms with Gasteiger partial charge in [-0.15, -0.1) is 4.28 Å². The molecule has 2 saturated heterocycles. The van der Waals surface area contributed by atoms with Crippen molar-refractivity contribution in [3.8, 4) is 0 Å². The normalized spacial score (nSPS) is 23.5. The van der Waals surface area contributed by atoms with Crippen LogP contribution in [0.15, 0.2) is 23.3 Å². The highest BCUT2D eigenvalue weighted by molar-refractivity contribution is 7.80. The van der Waals surface area contributed by atoms with Crippen molar-refractivity contribution in [3.05, 3.63) is 29.8 Å². The SMILES string of the molecule is NC(=NC(=O)c1ccc(F)cn1)[C@@H]1CC[C@@H]2CN1C(=O)N2OS(=O)(=O)O. The molecule has 3 N–H and O–H groups in total. The van der Waals surface area contributed by atoms with Gasteiger partial charge < -0.3 is 10.6 Å². The van der Waals surface area contributed by atoms with Gasteiger partial charge in [0, 0.05) is 6.54 Å². The molecule has 2 atom stereocenters. The van der Waals surface area contributed by atoms with Crippen molar-refractivity contribution in [3.63, 3.8) is 0 Å². The number of hydroxylamine groups is 2. The van der Waals surface area contributed by atoms with E-state index in [1.807, 2.05) is 0 Å². The predicted octanol–water partition coefficient (Wildman–Crippen LogP) is -0.279. The molecule has 3 rings (SSSR count). The Morgan fingerprint density at radius 1 is 1.42 bits per heavy atom. The number of carbonyl (C=O) groups excluding carboxylic acids is 2. The molecule has 0 saturated carbocycles. The van der Waals surface area contributed by atoms with Crippen LogP contribution in [-0.2, 0) is 14.7 Å². The van der Waals surface area contributed by atoms with Crippen LogP contribution in [0.3, 0.4) is 0 Å². The number of nitrogens with two attached hydrogens (primary N) is 1. The second-order valence-electron chi connectivity index (χ2n) is 5.71. The number of amidine groups is 1. The standard InChI is InChI=1S/C13H14FN5O6S/c14-7-1-3-9(16-5-7)12(20)17-11(15)10-4-2-8-6-18(10)13(21)19(8)25-26(22,23)24/h1,3,5,8,10H,2,4,6H2,(H2,15,17,20)(H,22,23,24)/t8-,10+/m1/s1. The maximum Gasteiger partial charge on any atom is 0.418 e. The van der Waals surface area contributed by atoms with E-state index in [-0.39, 0.29) is 18.1 Å². The van der Waals surface area contributed by atoms with Crippen molar-refractivity contribution in [2.24, 2.45) is 10.7 Å². The van der Waals surface area contributed by atoms with Gasteiger partial charge in [0.1, 0.15) is 17.3 Å². The summed E-state index contributed by atoms with van der Waals surface area (Å²) in [6.45, 7) is 0.0955. The van der Waals surface area contributed by atoms with E-state index in [1.54, 1.807) is 0 Å². The van der Waals surface area contributed by atoms with Gasteiger partial charge in [-0.3, -0.25) is 9.35 Å². The molecule has 2 bridgehead atoms. The lowest BCUT2D eigenvalue weighted by atomic mass is 10.0. The first-order valence-electron chi connectivity index (χ1n) is 7.42. The van der Waals surface area contributed by atoms with Gasteiger partial charge in [-0.2, -0.15) is 18.5 Å². The number of halogens is 1. The fourth-order valence-corrected chi connectivity index (χ4v) is 3.28. The first-order valence-corrected chi connectivity index (χ1v) is 8.79. The Hall–Kier alpha value is -2.64. The Morgan fingerprint density at radius 2 is 2.15 bits per heavy atom. The number of urea groups is 1. The van der Waals surface area contributed by atoms with Crippen LogP contribution in [0.25, 0.3) is 0 Å². The number of pyridine rings is 1. The molecule has 1 aromatic heterocycles. The Kier molecular flexibility index (Phi) is 4.60. The number of piperidine rings is 1. The Labute approximate surface area is 147 Å². The van der Waals surface area contributed by atoms with Crippen LogP contribution in [0, 0.1) is 5.82 Å². The summed E-state index contributed by atoms with van der Waals surface area (Å²) in [5, 5.41) is 0.561.